The minimum atomic E-state index is -2.86. The third-order valence-corrected chi connectivity index (χ3v) is 5.11. The van der Waals surface area contributed by atoms with Crippen LogP contribution >= 0.6 is 0 Å². The summed E-state index contributed by atoms with van der Waals surface area (Å²) in [5.41, 5.74) is 0.591. The Bertz CT molecular complexity index is 619. The summed E-state index contributed by atoms with van der Waals surface area (Å²) in [5, 5.41) is 6.57. The summed E-state index contributed by atoms with van der Waals surface area (Å²) >= 11 is 0. The Balaban J connectivity index is 1.57. The highest BCUT2D eigenvalue weighted by Crippen LogP contribution is 2.48. The molecular formula is C19H27F2N3O2. The molecule has 0 heterocycles. The van der Waals surface area contributed by atoms with E-state index in [1.54, 1.807) is 19.2 Å². The highest BCUT2D eigenvalue weighted by molar-refractivity contribution is 5.79. The van der Waals surface area contributed by atoms with Crippen LogP contribution in [0.2, 0.25) is 0 Å². The molecule has 2 aliphatic carbocycles. The topological polar surface area (TPSA) is 54.9 Å². The molecule has 26 heavy (non-hydrogen) atoms. The number of alkyl halides is 2. The molecule has 2 N–H and O–H groups in total. The van der Waals surface area contributed by atoms with Crippen molar-refractivity contribution < 1.29 is 18.3 Å². The van der Waals surface area contributed by atoms with E-state index in [0.29, 0.717) is 23.8 Å². The van der Waals surface area contributed by atoms with Crippen LogP contribution in [0.15, 0.2) is 23.2 Å². The molecule has 144 valence electrons. The Morgan fingerprint density at radius 3 is 2.42 bits per heavy atom. The molecule has 2 fully saturated rings. The first-order valence-corrected chi connectivity index (χ1v) is 9.17. The highest BCUT2D eigenvalue weighted by atomic mass is 19.3. The van der Waals surface area contributed by atoms with Gasteiger partial charge in [-0.1, -0.05) is 0 Å². The van der Waals surface area contributed by atoms with Gasteiger partial charge in [0.25, 0.3) is 0 Å². The van der Waals surface area contributed by atoms with Crippen molar-refractivity contribution in [3.63, 3.8) is 0 Å². The lowest BCUT2D eigenvalue weighted by Crippen LogP contribution is -2.40. The molecule has 0 unspecified atom stereocenters. The van der Waals surface area contributed by atoms with Crippen LogP contribution in [0.1, 0.15) is 31.2 Å². The van der Waals surface area contributed by atoms with Crippen molar-refractivity contribution in [2.45, 2.75) is 38.8 Å². The van der Waals surface area contributed by atoms with Gasteiger partial charge in [-0.2, -0.15) is 8.78 Å². The fourth-order valence-corrected chi connectivity index (χ4v) is 3.41. The van der Waals surface area contributed by atoms with Gasteiger partial charge in [-0.15, -0.1) is 0 Å². The second kappa shape index (κ2) is 8.56. The van der Waals surface area contributed by atoms with Gasteiger partial charge in [-0.3, -0.25) is 4.99 Å². The summed E-state index contributed by atoms with van der Waals surface area (Å²) in [5.74, 6) is 3.84. The third kappa shape index (κ3) is 5.22. The molecule has 2 saturated carbocycles. The Labute approximate surface area is 153 Å². The van der Waals surface area contributed by atoms with Crippen molar-refractivity contribution in [2.75, 3.05) is 20.7 Å². The first-order chi connectivity index (χ1) is 12.6. The molecule has 0 atom stereocenters. The van der Waals surface area contributed by atoms with E-state index in [9.17, 15) is 8.78 Å². The van der Waals surface area contributed by atoms with E-state index >= 15 is 0 Å². The zero-order chi connectivity index (χ0) is 18.5. The largest absolute Gasteiger partial charge is 0.497 e. The summed E-state index contributed by atoms with van der Waals surface area (Å²) in [6, 6.07) is 4.79. The van der Waals surface area contributed by atoms with Crippen molar-refractivity contribution in [1.82, 2.24) is 10.6 Å². The molecule has 0 aromatic heterocycles. The maximum absolute atomic E-state index is 12.6. The number of hydrogen-bond acceptors (Lipinski definition) is 3. The number of nitrogens with one attached hydrogen (secondary N) is 2. The standard InChI is InChI=1S/C19H27F2N3O2/c1-22-19(24-11-16(12-3-4-12)13-5-6-13)23-10-14-9-15(25-2)7-8-17(14)26-18(20)21/h7-9,12-13,16,18H,3-6,10-11H2,1-2H3,(H2,22,23,24). The van der Waals surface area contributed by atoms with Crippen molar-refractivity contribution in [2.24, 2.45) is 22.7 Å². The van der Waals surface area contributed by atoms with E-state index in [1.165, 1.54) is 38.9 Å². The highest BCUT2D eigenvalue weighted by Gasteiger charge is 2.41. The molecule has 1 aromatic rings. The average Bonchev–Trinajstić information content (AvgIpc) is 3.52. The second-order valence-electron chi connectivity index (χ2n) is 7.00. The van der Waals surface area contributed by atoms with Gasteiger partial charge >= 0.3 is 6.61 Å². The van der Waals surface area contributed by atoms with E-state index < -0.39 is 6.61 Å². The monoisotopic (exact) mass is 367 g/mol. The number of hydrogen-bond donors (Lipinski definition) is 2. The third-order valence-electron chi connectivity index (χ3n) is 5.11. The van der Waals surface area contributed by atoms with Crippen LogP contribution in [0.3, 0.4) is 0 Å². The predicted octanol–water partition coefficient (Wildman–Crippen LogP) is 3.40. The Hall–Kier alpha value is -2.05. The van der Waals surface area contributed by atoms with E-state index in [-0.39, 0.29) is 5.75 Å². The number of nitrogens with zero attached hydrogens (tertiary/aromatic N) is 1. The number of rotatable bonds is 9. The maximum atomic E-state index is 12.6. The smallest absolute Gasteiger partial charge is 0.387 e. The molecule has 0 spiro atoms. The van der Waals surface area contributed by atoms with Crippen LogP contribution in [-0.4, -0.2) is 33.3 Å². The maximum Gasteiger partial charge on any atom is 0.387 e. The molecule has 0 radical (unpaired) electrons. The first kappa shape index (κ1) is 18.7. The van der Waals surface area contributed by atoms with Gasteiger partial charge in [0.1, 0.15) is 11.5 Å². The van der Waals surface area contributed by atoms with Crippen LogP contribution < -0.4 is 20.1 Å². The van der Waals surface area contributed by atoms with E-state index in [0.717, 1.165) is 24.3 Å². The summed E-state index contributed by atoms with van der Waals surface area (Å²) in [6.45, 7) is -1.64. The fourth-order valence-electron chi connectivity index (χ4n) is 3.41. The van der Waals surface area contributed by atoms with E-state index in [1.807, 2.05) is 0 Å². The molecule has 5 nitrogen and oxygen atoms in total. The van der Waals surface area contributed by atoms with E-state index in [2.05, 4.69) is 20.4 Å². The first-order valence-electron chi connectivity index (χ1n) is 9.17. The average molecular weight is 367 g/mol. The molecule has 0 bridgehead atoms. The number of halogens is 2. The van der Waals surface area contributed by atoms with Gasteiger partial charge in [0.2, 0.25) is 0 Å². The number of ether oxygens (including phenoxy) is 2. The number of aliphatic imine (C=N–C) groups is 1. The van der Waals surface area contributed by atoms with Crippen molar-refractivity contribution in [3.05, 3.63) is 23.8 Å². The molecule has 1 aromatic carbocycles. The van der Waals surface area contributed by atoms with Gasteiger partial charge in [0.05, 0.1) is 7.11 Å². The zero-order valence-electron chi connectivity index (χ0n) is 15.3. The number of benzene rings is 1. The lowest BCUT2D eigenvalue weighted by atomic mass is 9.98. The zero-order valence-corrected chi connectivity index (χ0v) is 15.3. The van der Waals surface area contributed by atoms with Crippen molar-refractivity contribution in [3.8, 4) is 11.5 Å². The van der Waals surface area contributed by atoms with Crippen LogP contribution in [0.4, 0.5) is 8.78 Å². The summed E-state index contributed by atoms with van der Waals surface area (Å²) in [4.78, 5) is 4.24. The summed E-state index contributed by atoms with van der Waals surface area (Å²) in [6.07, 6.45) is 5.36. The number of guanidine groups is 1. The number of methoxy groups -OCH3 is 1. The lowest BCUT2D eigenvalue weighted by molar-refractivity contribution is -0.0504. The minimum absolute atomic E-state index is 0.137. The predicted molar refractivity (Wildman–Crippen MR) is 96.8 cm³/mol. The van der Waals surface area contributed by atoms with E-state index in [4.69, 9.17) is 4.74 Å². The van der Waals surface area contributed by atoms with Crippen molar-refractivity contribution >= 4 is 5.96 Å². The Morgan fingerprint density at radius 2 is 1.88 bits per heavy atom. The minimum Gasteiger partial charge on any atom is -0.497 e. The normalized spacial score (nSPS) is 17.5. The lowest BCUT2D eigenvalue weighted by Gasteiger charge is -2.19. The molecule has 0 aliphatic heterocycles. The molecule has 0 amide bonds. The van der Waals surface area contributed by atoms with Crippen molar-refractivity contribution in [1.29, 1.82) is 0 Å². The Kier molecular flexibility index (Phi) is 6.16. The van der Waals surface area contributed by atoms with Gasteiger partial charge in [-0.25, -0.2) is 0 Å². The summed E-state index contributed by atoms with van der Waals surface area (Å²) in [7, 11) is 3.25. The SMILES string of the molecule is CN=C(NCc1cc(OC)ccc1OC(F)F)NCC(C1CC1)C1CC1. The van der Waals surface area contributed by atoms with Crippen LogP contribution in [-0.2, 0) is 6.54 Å². The molecule has 0 saturated heterocycles. The quantitative estimate of drug-likeness (QED) is 0.519. The molecule has 2 aliphatic rings. The molecule has 3 rings (SSSR count). The molecular weight excluding hydrogens is 340 g/mol. The van der Waals surface area contributed by atoms with Crippen LogP contribution in [0.25, 0.3) is 0 Å². The van der Waals surface area contributed by atoms with Crippen LogP contribution in [0.5, 0.6) is 11.5 Å². The van der Waals surface area contributed by atoms with Gasteiger partial charge in [0, 0.05) is 25.7 Å². The second-order valence-corrected chi connectivity index (χ2v) is 7.00. The molecule has 7 heteroatoms. The van der Waals surface area contributed by atoms with Crippen LogP contribution in [0, 0.1) is 17.8 Å². The van der Waals surface area contributed by atoms with Gasteiger partial charge in [-0.05, 0) is 61.6 Å². The Morgan fingerprint density at radius 1 is 1.19 bits per heavy atom. The summed E-state index contributed by atoms with van der Waals surface area (Å²) < 4.78 is 35.0. The van der Waals surface area contributed by atoms with Gasteiger partial charge in [0.15, 0.2) is 5.96 Å². The van der Waals surface area contributed by atoms with Gasteiger partial charge < -0.3 is 20.1 Å². The fraction of sp³-hybridized carbons (Fsp3) is 0.632.